The summed E-state index contributed by atoms with van der Waals surface area (Å²) in [6.45, 7) is 0. The Morgan fingerprint density at radius 1 is 1.00 bits per heavy atom. The number of nitrogens with zero attached hydrogens (tertiary/aromatic N) is 3. The Balaban J connectivity index is 1.31. The van der Waals surface area contributed by atoms with Gasteiger partial charge in [-0.3, -0.25) is 4.79 Å². The molecule has 37 heavy (non-hydrogen) atoms. The van der Waals surface area contributed by atoms with Crippen LogP contribution in [0.5, 0.6) is 0 Å². The molecule has 3 aromatic rings. The van der Waals surface area contributed by atoms with Crippen LogP contribution in [-0.4, -0.2) is 40.6 Å². The Labute approximate surface area is 211 Å². The van der Waals surface area contributed by atoms with Gasteiger partial charge in [0.1, 0.15) is 12.1 Å². The van der Waals surface area contributed by atoms with E-state index in [0.717, 1.165) is 30.7 Å². The van der Waals surface area contributed by atoms with Crippen LogP contribution in [0, 0.1) is 11.7 Å². The van der Waals surface area contributed by atoms with Crippen molar-refractivity contribution in [2.75, 3.05) is 0 Å². The molecule has 194 valence electrons. The van der Waals surface area contributed by atoms with Crippen molar-refractivity contribution >= 4 is 15.8 Å². The number of alkyl halides is 3. The van der Waals surface area contributed by atoms with Gasteiger partial charge >= 0.3 is 6.18 Å². The van der Waals surface area contributed by atoms with Crippen LogP contribution in [-0.2, 0) is 27.4 Å². The second kappa shape index (κ2) is 9.60. The van der Waals surface area contributed by atoms with Crippen LogP contribution in [0.15, 0.2) is 65.8 Å². The molecule has 0 amide bonds. The molecule has 2 bridgehead atoms. The molecule has 2 aliphatic rings. The van der Waals surface area contributed by atoms with Gasteiger partial charge in [0, 0.05) is 23.7 Å². The Morgan fingerprint density at radius 2 is 1.70 bits per heavy atom. The number of aromatic nitrogens is 2. The van der Waals surface area contributed by atoms with E-state index >= 15 is 0 Å². The van der Waals surface area contributed by atoms with E-state index in [2.05, 4.69) is 9.97 Å². The average molecular weight is 534 g/mol. The van der Waals surface area contributed by atoms with E-state index in [-0.39, 0.29) is 35.5 Å². The van der Waals surface area contributed by atoms with Crippen molar-refractivity contribution in [2.24, 2.45) is 5.92 Å². The van der Waals surface area contributed by atoms with Gasteiger partial charge in [-0.25, -0.2) is 22.8 Å². The van der Waals surface area contributed by atoms with Crippen LogP contribution in [0.25, 0.3) is 11.3 Å². The summed E-state index contributed by atoms with van der Waals surface area (Å²) >= 11 is 0. The number of sulfonamides is 1. The fourth-order valence-corrected chi connectivity index (χ4v) is 7.24. The van der Waals surface area contributed by atoms with Gasteiger partial charge in [-0.2, -0.15) is 17.5 Å². The normalized spacial score (nSPS) is 21.9. The van der Waals surface area contributed by atoms with Crippen molar-refractivity contribution in [2.45, 2.75) is 55.3 Å². The quantitative estimate of drug-likeness (QED) is 0.398. The predicted octanol–water partition coefficient (Wildman–Crippen LogP) is 5.05. The zero-order chi connectivity index (χ0) is 26.4. The van der Waals surface area contributed by atoms with Crippen molar-refractivity contribution in [3.8, 4) is 11.3 Å². The topological polar surface area (TPSA) is 80.2 Å². The zero-order valence-electron chi connectivity index (χ0n) is 19.5. The number of carbonyl (C=O) groups is 1. The van der Waals surface area contributed by atoms with Crippen molar-refractivity contribution in [3.05, 3.63) is 78.0 Å². The lowest BCUT2D eigenvalue weighted by atomic mass is 9.93. The number of rotatable bonds is 7. The van der Waals surface area contributed by atoms with Gasteiger partial charge < -0.3 is 0 Å². The van der Waals surface area contributed by atoms with Gasteiger partial charge in [0.15, 0.2) is 5.78 Å². The standard InChI is InChI=1S/C26H23F4N3O3S/c27-19-6-10-22(11-7-19)37(35,36)33-21-9-3-17(13-21)25(33)24(34)12-8-20-14-23(32-15-31-20)16-1-4-18(5-2-16)26(28,29)30/h1-2,4-7,10-11,14-15,17,21,25H,3,8-9,12-13H2/t17-,21+,25-/m0/s1. The molecule has 0 unspecified atom stereocenters. The lowest BCUT2D eigenvalue weighted by Crippen LogP contribution is -2.49. The van der Waals surface area contributed by atoms with Crippen molar-refractivity contribution in [1.82, 2.24) is 14.3 Å². The largest absolute Gasteiger partial charge is 0.416 e. The van der Waals surface area contributed by atoms with Crippen LogP contribution >= 0.6 is 0 Å². The van der Waals surface area contributed by atoms with Crippen molar-refractivity contribution in [3.63, 3.8) is 0 Å². The molecule has 0 radical (unpaired) electrons. The molecule has 1 aliphatic carbocycles. The van der Waals surface area contributed by atoms with Gasteiger partial charge in [0.05, 0.1) is 22.2 Å². The molecule has 6 nitrogen and oxygen atoms in total. The molecule has 2 heterocycles. The molecule has 2 aromatic carbocycles. The molecule has 0 spiro atoms. The molecule has 11 heteroatoms. The van der Waals surface area contributed by atoms with E-state index in [1.165, 1.54) is 34.9 Å². The fraction of sp³-hybridized carbons (Fsp3) is 0.346. The maximum atomic E-state index is 13.4. The fourth-order valence-electron chi connectivity index (χ4n) is 5.34. The zero-order valence-corrected chi connectivity index (χ0v) is 20.3. The van der Waals surface area contributed by atoms with Crippen LogP contribution in [0.1, 0.15) is 36.9 Å². The van der Waals surface area contributed by atoms with E-state index in [1.54, 1.807) is 6.07 Å². The predicted molar refractivity (Wildman–Crippen MR) is 126 cm³/mol. The van der Waals surface area contributed by atoms with Crippen LogP contribution in [0.3, 0.4) is 0 Å². The second-order valence-corrected chi connectivity index (χ2v) is 11.2. The summed E-state index contributed by atoms with van der Waals surface area (Å²) in [5.41, 5.74) is 0.663. The van der Waals surface area contributed by atoms with Crippen LogP contribution < -0.4 is 0 Å². The Bertz CT molecular complexity index is 1410. The third-order valence-electron chi connectivity index (χ3n) is 7.10. The van der Waals surface area contributed by atoms with E-state index in [9.17, 15) is 30.8 Å². The first-order chi connectivity index (χ1) is 17.5. The maximum absolute atomic E-state index is 13.4. The van der Waals surface area contributed by atoms with Gasteiger partial charge in [-0.05, 0) is 74.1 Å². The lowest BCUT2D eigenvalue weighted by Gasteiger charge is -2.33. The van der Waals surface area contributed by atoms with Gasteiger partial charge in [-0.15, -0.1) is 0 Å². The summed E-state index contributed by atoms with van der Waals surface area (Å²) in [6, 6.07) is 9.76. The Kier molecular flexibility index (Phi) is 6.61. The molecule has 0 N–H and O–H groups in total. The third-order valence-corrected chi connectivity index (χ3v) is 9.05. The summed E-state index contributed by atoms with van der Waals surface area (Å²) in [6.07, 6.45) is -0.815. The number of carbonyl (C=O) groups excluding carboxylic acids is 1. The minimum Gasteiger partial charge on any atom is -0.298 e. The minimum atomic E-state index is -4.44. The number of aryl methyl sites for hydroxylation is 1. The summed E-state index contributed by atoms with van der Waals surface area (Å²) in [5, 5.41) is 0. The minimum absolute atomic E-state index is 0.0452. The van der Waals surface area contributed by atoms with Crippen LogP contribution in [0.2, 0.25) is 0 Å². The SMILES string of the molecule is O=C(CCc1cc(-c2ccc(C(F)(F)F)cc2)ncn1)[C@@H]1[C@H]2CC[C@H](C2)N1S(=O)(=O)c1ccc(F)cc1. The maximum Gasteiger partial charge on any atom is 0.416 e. The first-order valence-corrected chi connectivity index (χ1v) is 13.3. The summed E-state index contributed by atoms with van der Waals surface area (Å²) < 4.78 is 79.9. The molecule has 1 saturated carbocycles. The molecule has 3 atom stereocenters. The first-order valence-electron chi connectivity index (χ1n) is 11.8. The number of ketones is 1. The Morgan fingerprint density at radius 3 is 2.38 bits per heavy atom. The number of Topliss-reactive ketones (excluding diaryl/α,β-unsaturated/α-hetero) is 1. The molecular weight excluding hydrogens is 510 g/mol. The van der Waals surface area contributed by atoms with Gasteiger partial charge in [0.2, 0.25) is 10.0 Å². The number of benzene rings is 2. The highest BCUT2D eigenvalue weighted by atomic mass is 32.2. The highest BCUT2D eigenvalue weighted by Crippen LogP contribution is 2.46. The number of halogens is 4. The monoisotopic (exact) mass is 533 g/mol. The smallest absolute Gasteiger partial charge is 0.298 e. The highest BCUT2D eigenvalue weighted by molar-refractivity contribution is 7.89. The van der Waals surface area contributed by atoms with E-state index < -0.39 is 33.6 Å². The number of piperidine rings is 1. The second-order valence-electron chi connectivity index (χ2n) is 9.40. The first kappa shape index (κ1) is 25.5. The number of hydrogen-bond acceptors (Lipinski definition) is 5. The van der Waals surface area contributed by atoms with E-state index in [0.29, 0.717) is 29.8 Å². The molecule has 1 aromatic heterocycles. The van der Waals surface area contributed by atoms with Gasteiger partial charge in [-0.1, -0.05) is 12.1 Å². The average Bonchev–Trinajstić information content (AvgIpc) is 3.50. The van der Waals surface area contributed by atoms with E-state index in [4.69, 9.17) is 0 Å². The molecule has 1 aliphatic heterocycles. The molecule has 5 rings (SSSR count). The third kappa shape index (κ3) is 5.02. The van der Waals surface area contributed by atoms with Gasteiger partial charge in [0.25, 0.3) is 0 Å². The lowest BCUT2D eigenvalue weighted by molar-refractivity contribution is -0.137. The van der Waals surface area contributed by atoms with E-state index in [1.807, 2.05) is 0 Å². The van der Waals surface area contributed by atoms with Crippen molar-refractivity contribution < 1.29 is 30.8 Å². The summed E-state index contributed by atoms with van der Waals surface area (Å²) in [4.78, 5) is 21.6. The highest BCUT2D eigenvalue weighted by Gasteiger charge is 2.53. The Hall–Kier alpha value is -3.18. The molecule has 1 saturated heterocycles. The number of hydrogen-bond donors (Lipinski definition) is 0. The van der Waals surface area contributed by atoms with Crippen molar-refractivity contribution in [1.29, 1.82) is 0 Å². The van der Waals surface area contributed by atoms with Crippen LogP contribution in [0.4, 0.5) is 17.6 Å². The summed E-state index contributed by atoms with van der Waals surface area (Å²) in [5.74, 6) is -0.830. The molecule has 2 fully saturated rings. The molecular formula is C26H23F4N3O3S. The number of fused-ring (bicyclic) bond motifs is 2. The summed E-state index contributed by atoms with van der Waals surface area (Å²) in [7, 11) is -3.98.